The molecule has 0 aliphatic carbocycles. The number of carbonyl (C=O) groups excluding carboxylic acids is 2. The highest BCUT2D eigenvalue weighted by atomic mass is 16.6. The molecule has 4 heteroatoms. The third-order valence-electron chi connectivity index (χ3n) is 3.72. The van der Waals surface area contributed by atoms with Gasteiger partial charge in [-0.3, -0.25) is 9.59 Å². The largest absolute Gasteiger partial charge is 0.465 e. The molecule has 0 aromatic carbocycles. The van der Waals surface area contributed by atoms with Crippen LogP contribution in [0.1, 0.15) is 67.7 Å². The third kappa shape index (κ3) is 6.06. The van der Waals surface area contributed by atoms with Crippen molar-refractivity contribution in [2.24, 2.45) is 16.7 Å². The van der Waals surface area contributed by atoms with Crippen molar-refractivity contribution in [2.45, 2.75) is 67.7 Å². The summed E-state index contributed by atoms with van der Waals surface area (Å²) in [5.41, 5.74) is -0.961. The summed E-state index contributed by atoms with van der Waals surface area (Å²) in [7, 11) is 0. The van der Waals surface area contributed by atoms with E-state index in [-0.39, 0.29) is 17.9 Å². The minimum atomic E-state index is -1.16. The van der Waals surface area contributed by atoms with Gasteiger partial charge in [-0.2, -0.15) is 0 Å². The van der Waals surface area contributed by atoms with Gasteiger partial charge in [0.05, 0.1) is 13.2 Å². The first-order valence-electron chi connectivity index (χ1n) is 7.97. The minimum Gasteiger partial charge on any atom is -0.465 e. The van der Waals surface area contributed by atoms with Crippen LogP contribution < -0.4 is 0 Å². The molecular weight excluding hydrogens is 268 g/mol. The monoisotopic (exact) mass is 300 g/mol. The second kappa shape index (κ2) is 8.40. The molecule has 4 nitrogen and oxygen atoms in total. The molecule has 0 aliphatic heterocycles. The number of hydrogen-bond acceptors (Lipinski definition) is 4. The third-order valence-corrected chi connectivity index (χ3v) is 3.72. The molecule has 1 unspecified atom stereocenters. The molecule has 124 valence electrons. The van der Waals surface area contributed by atoms with Crippen LogP contribution in [0.3, 0.4) is 0 Å². The smallest absolute Gasteiger partial charge is 0.323 e. The number of rotatable bonds is 8. The summed E-state index contributed by atoms with van der Waals surface area (Å²) < 4.78 is 10.5. The maximum absolute atomic E-state index is 12.4. The Kier molecular flexibility index (Phi) is 7.98. The fraction of sp³-hybridized carbons (Fsp3) is 0.882. The number of esters is 2. The summed E-state index contributed by atoms with van der Waals surface area (Å²) in [5, 5.41) is 0. The molecule has 0 rings (SSSR count). The molecule has 0 heterocycles. The average molecular weight is 300 g/mol. The second-order valence-electron chi connectivity index (χ2n) is 6.98. The van der Waals surface area contributed by atoms with Gasteiger partial charge in [-0.05, 0) is 37.5 Å². The van der Waals surface area contributed by atoms with Crippen molar-refractivity contribution in [3.05, 3.63) is 0 Å². The highest BCUT2D eigenvalue weighted by Gasteiger charge is 2.45. The van der Waals surface area contributed by atoms with Crippen LogP contribution in [0.2, 0.25) is 0 Å². The van der Waals surface area contributed by atoms with Crippen LogP contribution in [0.25, 0.3) is 0 Å². The van der Waals surface area contributed by atoms with E-state index in [9.17, 15) is 9.59 Å². The average Bonchev–Trinajstić information content (AvgIpc) is 2.37. The summed E-state index contributed by atoms with van der Waals surface area (Å²) in [5.74, 6) is -0.655. The Bertz CT molecular complexity index is 337. The lowest BCUT2D eigenvalue weighted by molar-refractivity contribution is -0.174. The van der Waals surface area contributed by atoms with Crippen molar-refractivity contribution in [3.63, 3.8) is 0 Å². The molecule has 21 heavy (non-hydrogen) atoms. The molecule has 0 aromatic rings. The summed E-state index contributed by atoms with van der Waals surface area (Å²) in [6.45, 7) is 14.5. The van der Waals surface area contributed by atoms with Gasteiger partial charge >= 0.3 is 11.9 Å². The molecule has 0 aromatic heterocycles. The number of carbonyl (C=O) groups is 2. The van der Waals surface area contributed by atoms with E-state index in [4.69, 9.17) is 9.47 Å². The van der Waals surface area contributed by atoms with E-state index >= 15 is 0 Å². The predicted octanol–water partition coefficient (Wildman–Crippen LogP) is 3.97. The first-order valence-corrected chi connectivity index (χ1v) is 7.97. The normalized spacial score (nSPS) is 13.7. The van der Waals surface area contributed by atoms with Crippen molar-refractivity contribution in [1.29, 1.82) is 0 Å². The molecule has 0 fully saturated rings. The van der Waals surface area contributed by atoms with Crippen LogP contribution >= 0.6 is 0 Å². The Morgan fingerprint density at radius 2 is 1.43 bits per heavy atom. The van der Waals surface area contributed by atoms with Gasteiger partial charge in [-0.25, -0.2) is 0 Å². The molecule has 0 N–H and O–H groups in total. The molecule has 0 radical (unpaired) electrons. The maximum Gasteiger partial charge on any atom is 0.323 e. The topological polar surface area (TPSA) is 52.6 Å². The van der Waals surface area contributed by atoms with Crippen molar-refractivity contribution in [1.82, 2.24) is 0 Å². The Morgan fingerprint density at radius 1 is 0.952 bits per heavy atom. The van der Waals surface area contributed by atoms with Crippen LogP contribution in [0.15, 0.2) is 0 Å². The lowest BCUT2D eigenvalue weighted by atomic mass is 9.82. The Labute approximate surface area is 129 Å². The van der Waals surface area contributed by atoms with E-state index in [0.717, 1.165) is 6.42 Å². The fourth-order valence-corrected chi connectivity index (χ4v) is 2.64. The van der Waals surface area contributed by atoms with Crippen LogP contribution in [0.5, 0.6) is 0 Å². The lowest BCUT2D eigenvalue weighted by Gasteiger charge is -2.28. The van der Waals surface area contributed by atoms with E-state index in [1.807, 2.05) is 13.8 Å². The van der Waals surface area contributed by atoms with E-state index in [2.05, 4.69) is 27.7 Å². The summed E-state index contributed by atoms with van der Waals surface area (Å²) >= 11 is 0. The predicted molar refractivity (Wildman–Crippen MR) is 83.8 cm³/mol. The zero-order valence-corrected chi connectivity index (χ0v) is 14.7. The molecular formula is C17H32O4. The van der Waals surface area contributed by atoms with E-state index in [0.29, 0.717) is 19.4 Å². The van der Waals surface area contributed by atoms with E-state index in [1.54, 1.807) is 6.92 Å². The zero-order chi connectivity index (χ0) is 16.7. The van der Waals surface area contributed by atoms with E-state index < -0.39 is 17.4 Å². The number of hydrogen-bond donors (Lipinski definition) is 0. The van der Waals surface area contributed by atoms with Gasteiger partial charge in [0.25, 0.3) is 0 Å². The zero-order valence-electron chi connectivity index (χ0n) is 14.7. The highest BCUT2D eigenvalue weighted by Crippen LogP contribution is 2.31. The fourth-order valence-electron chi connectivity index (χ4n) is 2.64. The summed E-state index contributed by atoms with van der Waals surface area (Å²) in [6, 6.07) is 0. The quantitative estimate of drug-likeness (QED) is 0.503. The first kappa shape index (κ1) is 19.9. The van der Waals surface area contributed by atoms with Gasteiger partial charge in [0.15, 0.2) is 5.41 Å². The first-order chi connectivity index (χ1) is 9.62. The van der Waals surface area contributed by atoms with Gasteiger partial charge in [-0.1, -0.05) is 41.5 Å². The SMILES string of the molecule is CCOC(=O)C(CC)(CC)C(=O)OCC(C)CC(C)(C)C. The lowest BCUT2D eigenvalue weighted by Crippen LogP contribution is -2.41. The molecule has 1 atom stereocenters. The Hall–Kier alpha value is -1.06. The van der Waals surface area contributed by atoms with E-state index in [1.165, 1.54) is 0 Å². The van der Waals surface area contributed by atoms with Gasteiger partial charge < -0.3 is 9.47 Å². The minimum absolute atomic E-state index is 0.194. The van der Waals surface area contributed by atoms with Crippen molar-refractivity contribution < 1.29 is 19.1 Å². The molecule has 0 spiro atoms. The van der Waals surface area contributed by atoms with Crippen LogP contribution in [0.4, 0.5) is 0 Å². The Morgan fingerprint density at radius 3 is 1.81 bits per heavy atom. The maximum atomic E-state index is 12.4. The molecule has 0 amide bonds. The molecule has 0 saturated carbocycles. The Balaban J connectivity index is 4.74. The van der Waals surface area contributed by atoms with Crippen LogP contribution in [-0.2, 0) is 19.1 Å². The van der Waals surface area contributed by atoms with Crippen molar-refractivity contribution in [3.8, 4) is 0 Å². The van der Waals surface area contributed by atoms with Crippen LogP contribution in [-0.4, -0.2) is 25.2 Å². The molecule has 0 aliphatic rings. The highest BCUT2D eigenvalue weighted by molar-refractivity contribution is 5.99. The van der Waals surface area contributed by atoms with Crippen molar-refractivity contribution >= 4 is 11.9 Å². The van der Waals surface area contributed by atoms with Gasteiger partial charge in [-0.15, -0.1) is 0 Å². The van der Waals surface area contributed by atoms with Gasteiger partial charge in [0.2, 0.25) is 0 Å². The second-order valence-corrected chi connectivity index (χ2v) is 6.98. The molecule has 0 saturated heterocycles. The summed E-state index contributed by atoms with van der Waals surface area (Å²) in [6.07, 6.45) is 1.76. The van der Waals surface area contributed by atoms with Crippen molar-refractivity contribution in [2.75, 3.05) is 13.2 Å². The van der Waals surface area contributed by atoms with Gasteiger partial charge in [0.1, 0.15) is 0 Å². The summed E-state index contributed by atoms with van der Waals surface area (Å²) in [4.78, 5) is 24.5. The van der Waals surface area contributed by atoms with Gasteiger partial charge in [0, 0.05) is 0 Å². The van der Waals surface area contributed by atoms with Crippen LogP contribution in [0, 0.1) is 16.7 Å². The number of ether oxygens (including phenoxy) is 2. The molecule has 0 bridgehead atoms. The standard InChI is InChI=1S/C17H32O4/c1-8-17(9-2,14(18)20-10-3)15(19)21-12-13(4)11-16(5,6)7/h13H,8-12H2,1-7H3.